The molecule has 0 aliphatic carbocycles. The SMILES string of the molecule is Cc1cc(C(Br)CCC(C)C)c(F)cc1F. The molecule has 3 heteroatoms. The first-order valence-electron chi connectivity index (χ1n) is 5.51. The van der Waals surface area contributed by atoms with Gasteiger partial charge in [-0.1, -0.05) is 29.8 Å². The van der Waals surface area contributed by atoms with Crippen LogP contribution in [0.2, 0.25) is 0 Å². The van der Waals surface area contributed by atoms with Crippen LogP contribution in [0.1, 0.15) is 42.6 Å². The van der Waals surface area contributed by atoms with E-state index in [4.69, 9.17) is 0 Å². The van der Waals surface area contributed by atoms with Gasteiger partial charge in [0.05, 0.1) is 0 Å². The quantitative estimate of drug-likeness (QED) is 0.673. The fourth-order valence-corrected chi connectivity index (χ4v) is 2.17. The molecule has 0 amide bonds. The van der Waals surface area contributed by atoms with Crippen LogP contribution >= 0.6 is 15.9 Å². The Balaban J connectivity index is 2.82. The Hall–Kier alpha value is -0.440. The summed E-state index contributed by atoms with van der Waals surface area (Å²) < 4.78 is 26.6. The first-order chi connectivity index (χ1) is 7.41. The first-order valence-corrected chi connectivity index (χ1v) is 6.43. The van der Waals surface area contributed by atoms with E-state index in [2.05, 4.69) is 29.8 Å². The van der Waals surface area contributed by atoms with Crippen LogP contribution < -0.4 is 0 Å². The van der Waals surface area contributed by atoms with Crippen LogP contribution in [-0.2, 0) is 0 Å². The summed E-state index contributed by atoms with van der Waals surface area (Å²) in [5.74, 6) is -0.358. The van der Waals surface area contributed by atoms with Gasteiger partial charge in [-0.25, -0.2) is 8.78 Å². The van der Waals surface area contributed by atoms with Crippen molar-refractivity contribution in [3.63, 3.8) is 0 Å². The highest BCUT2D eigenvalue weighted by molar-refractivity contribution is 9.09. The van der Waals surface area contributed by atoms with E-state index in [-0.39, 0.29) is 4.83 Å². The van der Waals surface area contributed by atoms with Crippen molar-refractivity contribution in [2.24, 2.45) is 5.92 Å². The minimum absolute atomic E-state index is 0.0331. The van der Waals surface area contributed by atoms with Gasteiger partial charge in [-0.3, -0.25) is 0 Å². The summed E-state index contributed by atoms with van der Waals surface area (Å²) in [7, 11) is 0. The van der Waals surface area contributed by atoms with Gasteiger partial charge >= 0.3 is 0 Å². The average molecular weight is 291 g/mol. The van der Waals surface area contributed by atoms with Crippen LogP contribution in [0.4, 0.5) is 8.78 Å². The zero-order chi connectivity index (χ0) is 12.3. The molecule has 0 aromatic heterocycles. The van der Waals surface area contributed by atoms with E-state index in [0.29, 0.717) is 17.0 Å². The highest BCUT2D eigenvalue weighted by Gasteiger charge is 2.15. The predicted octanol–water partition coefficient (Wildman–Crippen LogP) is 5.15. The minimum Gasteiger partial charge on any atom is -0.207 e. The van der Waals surface area contributed by atoms with Crippen molar-refractivity contribution in [3.8, 4) is 0 Å². The van der Waals surface area contributed by atoms with Crippen molar-refractivity contribution < 1.29 is 8.78 Å². The van der Waals surface area contributed by atoms with Gasteiger partial charge in [-0.05, 0) is 37.3 Å². The van der Waals surface area contributed by atoms with Gasteiger partial charge in [0, 0.05) is 16.5 Å². The zero-order valence-electron chi connectivity index (χ0n) is 9.86. The number of aryl methyl sites for hydroxylation is 1. The second-order valence-corrected chi connectivity index (χ2v) is 5.67. The highest BCUT2D eigenvalue weighted by atomic mass is 79.9. The molecule has 0 fully saturated rings. The second kappa shape index (κ2) is 5.76. The van der Waals surface area contributed by atoms with Gasteiger partial charge in [-0.15, -0.1) is 0 Å². The lowest BCUT2D eigenvalue weighted by molar-refractivity contribution is 0.533. The zero-order valence-corrected chi connectivity index (χ0v) is 11.4. The summed E-state index contributed by atoms with van der Waals surface area (Å²) in [6.07, 6.45) is 1.88. The number of benzene rings is 1. The molecule has 0 saturated carbocycles. The lowest BCUT2D eigenvalue weighted by Crippen LogP contribution is -1.99. The second-order valence-electron chi connectivity index (χ2n) is 4.56. The fraction of sp³-hybridized carbons (Fsp3) is 0.538. The lowest BCUT2D eigenvalue weighted by atomic mass is 10.0. The Morgan fingerprint density at radius 2 is 1.75 bits per heavy atom. The Bertz CT molecular complexity index is 361. The van der Waals surface area contributed by atoms with E-state index in [9.17, 15) is 8.78 Å². The van der Waals surface area contributed by atoms with Gasteiger partial charge in [0.2, 0.25) is 0 Å². The van der Waals surface area contributed by atoms with Gasteiger partial charge in [0.1, 0.15) is 11.6 Å². The molecule has 0 aliphatic heterocycles. The van der Waals surface area contributed by atoms with E-state index in [1.54, 1.807) is 13.0 Å². The molecule has 1 atom stereocenters. The van der Waals surface area contributed by atoms with Crippen molar-refractivity contribution in [1.82, 2.24) is 0 Å². The Morgan fingerprint density at radius 1 is 1.12 bits per heavy atom. The van der Waals surface area contributed by atoms with Crippen molar-refractivity contribution in [2.75, 3.05) is 0 Å². The molecule has 1 aromatic carbocycles. The molecule has 0 radical (unpaired) electrons. The molecule has 1 rings (SSSR count). The number of rotatable bonds is 4. The third-order valence-electron chi connectivity index (χ3n) is 2.61. The van der Waals surface area contributed by atoms with Gasteiger partial charge < -0.3 is 0 Å². The summed E-state index contributed by atoms with van der Waals surface area (Å²) in [6.45, 7) is 5.92. The van der Waals surface area contributed by atoms with E-state index in [1.165, 1.54) is 0 Å². The maximum Gasteiger partial charge on any atom is 0.130 e. The number of hydrogen-bond acceptors (Lipinski definition) is 0. The average Bonchev–Trinajstić information content (AvgIpc) is 2.20. The summed E-state index contributed by atoms with van der Waals surface area (Å²) in [4.78, 5) is -0.0331. The molecule has 0 saturated heterocycles. The Kier molecular flexibility index (Phi) is 4.90. The summed E-state index contributed by atoms with van der Waals surface area (Å²) in [5.41, 5.74) is 1.05. The monoisotopic (exact) mass is 290 g/mol. The van der Waals surface area contributed by atoms with E-state index in [1.807, 2.05) is 0 Å². The standard InChI is InChI=1S/C13H17BrF2/c1-8(2)4-5-11(14)10-6-9(3)12(15)7-13(10)16/h6-8,11H,4-5H2,1-3H3. The van der Waals surface area contributed by atoms with Crippen LogP contribution in [0.25, 0.3) is 0 Å². The van der Waals surface area contributed by atoms with Crippen molar-refractivity contribution >= 4 is 15.9 Å². The Labute approximate surface area is 104 Å². The highest BCUT2D eigenvalue weighted by Crippen LogP contribution is 2.32. The molecule has 90 valence electrons. The molecule has 0 spiro atoms. The normalized spacial score (nSPS) is 13.2. The molecular formula is C13H17BrF2. The predicted molar refractivity (Wildman–Crippen MR) is 66.8 cm³/mol. The van der Waals surface area contributed by atoms with Crippen molar-refractivity contribution in [1.29, 1.82) is 0 Å². The van der Waals surface area contributed by atoms with Crippen LogP contribution in [0.15, 0.2) is 12.1 Å². The van der Waals surface area contributed by atoms with Crippen LogP contribution in [0.5, 0.6) is 0 Å². The molecule has 0 aliphatic rings. The first kappa shape index (κ1) is 13.6. The van der Waals surface area contributed by atoms with Crippen LogP contribution in [0.3, 0.4) is 0 Å². The third-order valence-corrected chi connectivity index (χ3v) is 3.56. The molecule has 0 bridgehead atoms. The minimum atomic E-state index is -0.482. The number of alkyl halides is 1. The molecule has 1 unspecified atom stereocenters. The van der Waals surface area contributed by atoms with Crippen molar-refractivity contribution in [3.05, 3.63) is 34.9 Å². The third kappa shape index (κ3) is 3.55. The van der Waals surface area contributed by atoms with Gasteiger partial charge in [0.25, 0.3) is 0 Å². The fourth-order valence-electron chi connectivity index (χ4n) is 1.55. The molecule has 0 heterocycles. The topological polar surface area (TPSA) is 0 Å². The summed E-state index contributed by atoms with van der Waals surface area (Å²) in [6, 6.07) is 2.55. The number of halogens is 3. The van der Waals surface area contributed by atoms with Gasteiger partial charge in [-0.2, -0.15) is 0 Å². The smallest absolute Gasteiger partial charge is 0.130 e. The van der Waals surface area contributed by atoms with E-state index >= 15 is 0 Å². The summed E-state index contributed by atoms with van der Waals surface area (Å²) in [5, 5.41) is 0. The van der Waals surface area contributed by atoms with Crippen molar-refractivity contribution in [2.45, 2.75) is 38.4 Å². The number of hydrogen-bond donors (Lipinski definition) is 0. The van der Waals surface area contributed by atoms with Crippen LogP contribution in [-0.4, -0.2) is 0 Å². The maximum atomic E-state index is 13.5. The van der Waals surface area contributed by atoms with Crippen LogP contribution in [0, 0.1) is 24.5 Å². The maximum absolute atomic E-state index is 13.5. The van der Waals surface area contributed by atoms with E-state index < -0.39 is 11.6 Å². The lowest BCUT2D eigenvalue weighted by Gasteiger charge is -2.13. The molecule has 1 aromatic rings. The Morgan fingerprint density at radius 3 is 2.31 bits per heavy atom. The van der Waals surface area contributed by atoms with Gasteiger partial charge in [0.15, 0.2) is 0 Å². The molecule has 16 heavy (non-hydrogen) atoms. The molecule has 0 nitrogen and oxygen atoms in total. The molecular weight excluding hydrogens is 274 g/mol. The summed E-state index contributed by atoms with van der Waals surface area (Å²) >= 11 is 3.46. The van der Waals surface area contributed by atoms with E-state index in [0.717, 1.165) is 18.9 Å². The molecule has 0 N–H and O–H groups in total. The largest absolute Gasteiger partial charge is 0.207 e.